The molecule has 1 atom stereocenters. The molecule has 1 unspecified atom stereocenters. The molecule has 1 aromatic carbocycles. The molecule has 132 valence electrons. The second-order valence-electron chi connectivity index (χ2n) is 5.52. The smallest absolute Gasteiger partial charge is 0.310 e. The van der Waals surface area contributed by atoms with E-state index in [2.05, 4.69) is 10.1 Å². The number of rotatable bonds is 5. The minimum absolute atomic E-state index is 0.0163. The van der Waals surface area contributed by atoms with Crippen LogP contribution in [0.25, 0.3) is 11.4 Å². The number of nitro groups is 1. The van der Waals surface area contributed by atoms with E-state index in [4.69, 9.17) is 9.26 Å². The first-order valence-electron chi connectivity index (χ1n) is 7.28. The Morgan fingerprint density at radius 3 is 2.68 bits per heavy atom. The maximum Gasteiger partial charge on any atom is 0.310 e. The first-order chi connectivity index (χ1) is 11.8. The van der Waals surface area contributed by atoms with E-state index >= 15 is 0 Å². The average molecular weight is 367 g/mol. The molecule has 1 fully saturated rings. The van der Waals surface area contributed by atoms with E-state index in [0.29, 0.717) is 5.56 Å². The molecule has 2 heterocycles. The molecule has 0 amide bonds. The second kappa shape index (κ2) is 6.59. The van der Waals surface area contributed by atoms with Gasteiger partial charge in [0.1, 0.15) is 0 Å². The third-order valence-corrected chi connectivity index (χ3v) is 5.48. The van der Waals surface area contributed by atoms with Gasteiger partial charge in [0.25, 0.3) is 11.6 Å². The first-order valence-corrected chi connectivity index (χ1v) is 9.11. The molecule has 0 spiro atoms. The van der Waals surface area contributed by atoms with Crippen LogP contribution in [0.3, 0.4) is 0 Å². The van der Waals surface area contributed by atoms with Crippen molar-refractivity contribution in [3.05, 3.63) is 40.3 Å². The topological polar surface area (TPSA) is 142 Å². The third-order valence-electron chi connectivity index (χ3n) is 3.71. The van der Waals surface area contributed by atoms with Gasteiger partial charge in [0.05, 0.1) is 22.3 Å². The van der Waals surface area contributed by atoms with Crippen LogP contribution in [0.4, 0.5) is 5.69 Å². The molecule has 0 radical (unpaired) electrons. The number of carbonyl (C=O) groups is 1. The SMILES string of the molecule is O=C(OCc1nc(-c2ccc([N+](=O)[O-])cc2)no1)C1CCS(=O)(=O)C1. The van der Waals surface area contributed by atoms with Crippen LogP contribution in [-0.4, -0.2) is 41.0 Å². The Bertz CT molecular complexity index is 905. The van der Waals surface area contributed by atoms with Crippen molar-refractivity contribution in [2.24, 2.45) is 5.92 Å². The van der Waals surface area contributed by atoms with Gasteiger partial charge >= 0.3 is 5.97 Å². The average Bonchev–Trinajstić information content (AvgIpc) is 3.19. The van der Waals surface area contributed by atoms with Crippen LogP contribution in [0, 0.1) is 16.0 Å². The summed E-state index contributed by atoms with van der Waals surface area (Å²) in [5, 5.41) is 14.3. The Kier molecular flexibility index (Phi) is 4.49. The number of esters is 1. The number of hydrogen-bond donors (Lipinski definition) is 0. The maximum atomic E-state index is 11.8. The number of non-ortho nitro benzene ring substituents is 1. The number of nitro benzene ring substituents is 1. The van der Waals surface area contributed by atoms with Gasteiger partial charge in [-0.3, -0.25) is 14.9 Å². The van der Waals surface area contributed by atoms with Gasteiger partial charge in [-0.2, -0.15) is 4.98 Å². The molecule has 10 nitrogen and oxygen atoms in total. The molecule has 0 saturated carbocycles. The van der Waals surface area contributed by atoms with E-state index in [1.54, 1.807) is 0 Å². The number of sulfone groups is 1. The Morgan fingerprint density at radius 2 is 2.08 bits per heavy atom. The Balaban J connectivity index is 1.60. The highest BCUT2D eigenvalue weighted by atomic mass is 32.2. The molecule has 0 aliphatic carbocycles. The van der Waals surface area contributed by atoms with Crippen molar-refractivity contribution in [3.63, 3.8) is 0 Å². The Labute approximate surface area is 141 Å². The summed E-state index contributed by atoms with van der Waals surface area (Å²) >= 11 is 0. The number of nitrogens with zero attached hydrogens (tertiary/aromatic N) is 3. The van der Waals surface area contributed by atoms with Gasteiger partial charge in [-0.05, 0) is 18.6 Å². The zero-order chi connectivity index (χ0) is 18.0. The lowest BCUT2D eigenvalue weighted by Gasteiger charge is -2.06. The summed E-state index contributed by atoms with van der Waals surface area (Å²) in [6, 6.07) is 5.57. The largest absolute Gasteiger partial charge is 0.455 e. The van der Waals surface area contributed by atoms with Gasteiger partial charge in [-0.15, -0.1) is 0 Å². The number of benzene rings is 1. The summed E-state index contributed by atoms with van der Waals surface area (Å²) in [6.07, 6.45) is 0.249. The van der Waals surface area contributed by atoms with Gasteiger partial charge in [0, 0.05) is 17.7 Å². The highest BCUT2D eigenvalue weighted by Gasteiger charge is 2.34. The maximum absolute atomic E-state index is 11.8. The standard InChI is InChI=1S/C14H13N3O7S/c18-14(10-5-6-25(21,22)8-10)23-7-12-15-13(16-24-12)9-1-3-11(4-2-9)17(19)20/h1-4,10H,5-8H2. The molecule has 25 heavy (non-hydrogen) atoms. The lowest BCUT2D eigenvalue weighted by Crippen LogP contribution is -2.18. The van der Waals surface area contributed by atoms with Crippen LogP contribution in [0.15, 0.2) is 28.8 Å². The number of ether oxygens (including phenoxy) is 1. The lowest BCUT2D eigenvalue weighted by atomic mass is 10.1. The Morgan fingerprint density at radius 1 is 1.36 bits per heavy atom. The summed E-state index contributed by atoms with van der Waals surface area (Å²) < 4.78 is 32.7. The number of aromatic nitrogens is 2. The van der Waals surface area contributed by atoms with Crippen LogP contribution < -0.4 is 0 Å². The quantitative estimate of drug-likeness (QED) is 0.431. The summed E-state index contributed by atoms with van der Waals surface area (Å²) in [5.41, 5.74) is 0.446. The number of hydrogen-bond acceptors (Lipinski definition) is 9. The fraction of sp³-hybridized carbons (Fsp3) is 0.357. The summed E-state index contributed by atoms with van der Waals surface area (Å²) in [7, 11) is -3.17. The first kappa shape index (κ1) is 17.0. The fourth-order valence-corrected chi connectivity index (χ4v) is 4.12. The van der Waals surface area contributed by atoms with E-state index in [0.717, 1.165) is 0 Å². The third kappa shape index (κ3) is 3.99. The fourth-order valence-electron chi connectivity index (χ4n) is 2.39. The van der Waals surface area contributed by atoms with Crippen LogP contribution in [-0.2, 0) is 26.0 Å². The van der Waals surface area contributed by atoms with E-state index in [-0.39, 0.29) is 41.9 Å². The van der Waals surface area contributed by atoms with Gasteiger partial charge < -0.3 is 9.26 Å². The van der Waals surface area contributed by atoms with Crippen molar-refractivity contribution < 1.29 is 27.4 Å². The van der Waals surface area contributed by atoms with E-state index in [9.17, 15) is 23.3 Å². The molecule has 1 aliphatic heterocycles. The van der Waals surface area contributed by atoms with Crippen molar-refractivity contribution >= 4 is 21.5 Å². The summed E-state index contributed by atoms with van der Waals surface area (Å²) in [4.78, 5) is 26.0. The second-order valence-corrected chi connectivity index (χ2v) is 7.75. The van der Waals surface area contributed by atoms with Crippen molar-refractivity contribution in [1.82, 2.24) is 10.1 Å². The van der Waals surface area contributed by atoms with Crippen molar-refractivity contribution in [2.45, 2.75) is 13.0 Å². The monoisotopic (exact) mass is 367 g/mol. The van der Waals surface area contributed by atoms with Gasteiger partial charge in [-0.25, -0.2) is 8.42 Å². The van der Waals surface area contributed by atoms with E-state index in [1.165, 1.54) is 24.3 Å². The summed E-state index contributed by atoms with van der Waals surface area (Å²) in [5.74, 6) is -1.26. The Hall–Kier alpha value is -2.82. The zero-order valence-electron chi connectivity index (χ0n) is 12.8. The molecule has 2 aromatic rings. The minimum Gasteiger partial charge on any atom is -0.455 e. The molecular formula is C14H13N3O7S. The molecule has 1 saturated heterocycles. The van der Waals surface area contributed by atoms with Gasteiger partial charge in [0.2, 0.25) is 5.82 Å². The van der Waals surface area contributed by atoms with Crippen LogP contribution >= 0.6 is 0 Å². The molecule has 11 heteroatoms. The molecule has 1 aromatic heterocycles. The van der Waals surface area contributed by atoms with Gasteiger partial charge in [0.15, 0.2) is 16.4 Å². The van der Waals surface area contributed by atoms with Crippen LogP contribution in [0.5, 0.6) is 0 Å². The number of carbonyl (C=O) groups excluding carboxylic acids is 1. The predicted molar refractivity (Wildman–Crippen MR) is 82.9 cm³/mol. The lowest BCUT2D eigenvalue weighted by molar-refractivity contribution is -0.384. The van der Waals surface area contributed by atoms with Crippen molar-refractivity contribution in [3.8, 4) is 11.4 Å². The van der Waals surface area contributed by atoms with E-state index in [1.807, 2.05) is 0 Å². The van der Waals surface area contributed by atoms with Gasteiger partial charge in [-0.1, -0.05) is 5.16 Å². The van der Waals surface area contributed by atoms with Crippen LogP contribution in [0.1, 0.15) is 12.3 Å². The summed E-state index contributed by atoms with van der Waals surface area (Å²) in [6.45, 7) is -0.268. The molecule has 0 N–H and O–H groups in total. The highest BCUT2D eigenvalue weighted by molar-refractivity contribution is 7.91. The normalized spacial score (nSPS) is 18.8. The van der Waals surface area contributed by atoms with Crippen LogP contribution in [0.2, 0.25) is 0 Å². The molecular weight excluding hydrogens is 354 g/mol. The van der Waals surface area contributed by atoms with E-state index < -0.39 is 26.6 Å². The minimum atomic E-state index is -3.17. The molecule has 0 bridgehead atoms. The molecule has 3 rings (SSSR count). The van der Waals surface area contributed by atoms with Crippen molar-refractivity contribution in [2.75, 3.05) is 11.5 Å². The molecule has 1 aliphatic rings. The van der Waals surface area contributed by atoms with Crippen molar-refractivity contribution in [1.29, 1.82) is 0 Å². The zero-order valence-corrected chi connectivity index (χ0v) is 13.6. The highest BCUT2D eigenvalue weighted by Crippen LogP contribution is 2.22. The predicted octanol–water partition coefficient (Wildman–Crippen LogP) is 1.12.